The number of hydrogen-bond donors (Lipinski definition) is 6. The molecule has 0 aliphatic carbocycles. The molecule has 484 valence electrons. The van der Waals surface area contributed by atoms with E-state index in [1.165, 1.54) is 231 Å². The van der Waals surface area contributed by atoms with Crippen LogP contribution in [-0.2, 0) is 23.8 Å². The minimum absolute atomic E-state index is 0.00123. The van der Waals surface area contributed by atoms with Crippen molar-refractivity contribution in [2.45, 2.75) is 365 Å². The summed E-state index contributed by atoms with van der Waals surface area (Å²) in [6.45, 7) is 4.27. The Labute approximate surface area is 509 Å². The number of unbranched alkanes of at least 4 members (excludes halogenated alkanes) is 39. The molecule has 1 fully saturated rings. The first-order valence-corrected chi connectivity index (χ1v) is 35.1. The van der Waals surface area contributed by atoms with E-state index in [1.807, 2.05) is 6.08 Å². The molecule has 11 heteroatoms. The fourth-order valence-corrected chi connectivity index (χ4v) is 10.8. The molecule has 7 unspecified atom stereocenters. The summed E-state index contributed by atoms with van der Waals surface area (Å²) < 4.78 is 16.7. The second-order valence-corrected chi connectivity index (χ2v) is 24.2. The van der Waals surface area contributed by atoms with E-state index in [0.717, 1.165) is 64.2 Å². The molecule has 0 aromatic carbocycles. The summed E-state index contributed by atoms with van der Waals surface area (Å²) in [4.78, 5) is 25.1. The Morgan fingerprint density at radius 1 is 0.446 bits per heavy atom. The van der Waals surface area contributed by atoms with Gasteiger partial charge < -0.3 is 45.1 Å². The maximum atomic E-state index is 13.0. The molecule has 0 saturated carbocycles. The predicted molar refractivity (Wildman–Crippen MR) is 347 cm³/mol. The number of amides is 1. The van der Waals surface area contributed by atoms with Crippen LogP contribution in [0.25, 0.3) is 0 Å². The third kappa shape index (κ3) is 50.1. The molecule has 0 bridgehead atoms. The van der Waals surface area contributed by atoms with Crippen LogP contribution < -0.4 is 5.32 Å². The van der Waals surface area contributed by atoms with E-state index in [0.29, 0.717) is 19.4 Å². The molecular formula is C72H131NO10. The number of hydrogen-bond acceptors (Lipinski definition) is 10. The number of rotatable bonds is 61. The Kier molecular flexibility index (Phi) is 57.6. The largest absolute Gasteiger partial charge is 0.466 e. The van der Waals surface area contributed by atoms with Gasteiger partial charge in [-0.25, -0.2) is 0 Å². The van der Waals surface area contributed by atoms with E-state index in [-0.39, 0.29) is 18.5 Å². The lowest BCUT2D eigenvalue weighted by Gasteiger charge is -2.40. The Hall–Kier alpha value is -2.64. The number of aliphatic hydroxyl groups is 5. The molecule has 0 spiro atoms. The SMILES string of the molecule is CCCCC/C=C/CC/C=C/C(O)C(COC1OC(CO)C(O)C(O)C1O)NC(=O)CCCCCCCCCCCCCC/C=C\CCCCCCCCCCCCCCOC(=O)CCCCCCCCC/C=C\C/C=C\CCCCCC. The number of carbonyl (C=O) groups excluding carboxylic acids is 2. The number of nitrogens with one attached hydrogen (secondary N) is 1. The summed E-state index contributed by atoms with van der Waals surface area (Å²) >= 11 is 0. The molecule has 1 saturated heterocycles. The van der Waals surface area contributed by atoms with Crippen molar-refractivity contribution in [3.63, 3.8) is 0 Å². The topological polar surface area (TPSA) is 175 Å². The summed E-state index contributed by atoms with van der Waals surface area (Å²) in [6.07, 6.45) is 70.9. The van der Waals surface area contributed by atoms with E-state index in [4.69, 9.17) is 14.2 Å². The molecule has 0 aromatic heterocycles. The van der Waals surface area contributed by atoms with Gasteiger partial charge in [-0.3, -0.25) is 9.59 Å². The first-order chi connectivity index (χ1) is 40.7. The van der Waals surface area contributed by atoms with Crippen LogP contribution in [0.15, 0.2) is 60.8 Å². The predicted octanol–water partition coefficient (Wildman–Crippen LogP) is 17.7. The first kappa shape index (κ1) is 78.4. The van der Waals surface area contributed by atoms with E-state index in [9.17, 15) is 35.1 Å². The summed E-state index contributed by atoms with van der Waals surface area (Å²) in [5.41, 5.74) is 0. The van der Waals surface area contributed by atoms with Crippen molar-refractivity contribution in [2.24, 2.45) is 0 Å². The molecule has 1 rings (SSSR count). The van der Waals surface area contributed by atoms with Crippen LogP contribution in [0.4, 0.5) is 0 Å². The van der Waals surface area contributed by atoms with Crippen molar-refractivity contribution in [1.29, 1.82) is 0 Å². The molecular weight excluding hydrogens is 1040 g/mol. The van der Waals surface area contributed by atoms with Crippen molar-refractivity contribution >= 4 is 11.9 Å². The van der Waals surface area contributed by atoms with Crippen LogP contribution in [-0.4, -0.2) is 100 Å². The molecule has 11 nitrogen and oxygen atoms in total. The molecule has 1 amide bonds. The molecule has 6 N–H and O–H groups in total. The van der Waals surface area contributed by atoms with Crippen molar-refractivity contribution in [3.05, 3.63) is 60.8 Å². The fourth-order valence-electron chi connectivity index (χ4n) is 10.8. The minimum Gasteiger partial charge on any atom is -0.466 e. The highest BCUT2D eigenvalue weighted by Gasteiger charge is 2.44. The summed E-state index contributed by atoms with van der Waals surface area (Å²) in [7, 11) is 0. The van der Waals surface area contributed by atoms with Crippen molar-refractivity contribution < 1.29 is 49.3 Å². The average Bonchev–Trinajstić information content (AvgIpc) is 3.57. The van der Waals surface area contributed by atoms with Gasteiger partial charge >= 0.3 is 5.97 Å². The van der Waals surface area contributed by atoms with Gasteiger partial charge in [-0.1, -0.05) is 267 Å². The number of aliphatic hydroxyl groups excluding tert-OH is 5. The van der Waals surface area contributed by atoms with E-state index < -0.39 is 49.5 Å². The summed E-state index contributed by atoms with van der Waals surface area (Å²) in [6, 6.07) is -0.827. The number of carbonyl (C=O) groups is 2. The van der Waals surface area contributed by atoms with E-state index in [1.54, 1.807) is 6.08 Å². The maximum absolute atomic E-state index is 13.0. The van der Waals surface area contributed by atoms with Crippen molar-refractivity contribution in [3.8, 4) is 0 Å². The van der Waals surface area contributed by atoms with Crippen LogP contribution in [0, 0.1) is 0 Å². The van der Waals surface area contributed by atoms with Gasteiger partial charge in [-0.15, -0.1) is 0 Å². The molecule has 1 aliphatic heterocycles. The number of esters is 1. The summed E-state index contributed by atoms with van der Waals surface area (Å²) in [5.74, 6) is -0.196. The van der Waals surface area contributed by atoms with Crippen LogP contribution in [0.5, 0.6) is 0 Å². The third-order valence-electron chi connectivity index (χ3n) is 16.3. The molecule has 1 aliphatic rings. The number of ether oxygens (including phenoxy) is 3. The van der Waals surface area contributed by atoms with Crippen LogP contribution >= 0.6 is 0 Å². The first-order valence-electron chi connectivity index (χ1n) is 35.1. The van der Waals surface area contributed by atoms with Gasteiger partial charge in [0.15, 0.2) is 6.29 Å². The monoisotopic (exact) mass is 1170 g/mol. The van der Waals surface area contributed by atoms with Gasteiger partial charge in [-0.2, -0.15) is 0 Å². The van der Waals surface area contributed by atoms with Gasteiger partial charge in [0.1, 0.15) is 24.4 Å². The Bertz CT molecular complexity index is 1560. The fraction of sp³-hybridized carbons (Fsp3) is 0.833. The lowest BCUT2D eigenvalue weighted by Crippen LogP contribution is -2.60. The normalized spacial score (nSPS) is 18.5. The van der Waals surface area contributed by atoms with Gasteiger partial charge in [0.25, 0.3) is 0 Å². The minimum atomic E-state index is -1.58. The van der Waals surface area contributed by atoms with Gasteiger partial charge in [0.2, 0.25) is 5.91 Å². The third-order valence-corrected chi connectivity index (χ3v) is 16.3. The lowest BCUT2D eigenvalue weighted by atomic mass is 9.99. The standard InChI is InChI=1S/C72H131NO10/c1-3-5-7-9-11-13-14-15-16-17-31-34-37-40-44-48-52-56-60-68(77)81-61-57-53-49-45-41-38-35-32-29-27-25-23-21-19-18-20-22-24-26-28-30-33-36-39-43-47-51-55-59-67(76)73-64(65(75)58-54-50-46-42-12-10-8-6-4-2)63-82-72-71(80)70(79)69(78)66(62-74)83-72/h12-14,16-19,42,54,58,64-66,69-72,74-75,78-80H,3-11,15,20-41,43-53,55-57,59-63H2,1-2H3,(H,73,76)/b14-13-,17-16-,19-18-,42-12+,58-54+. The average molecular weight is 1170 g/mol. The second kappa shape index (κ2) is 61.0. The smallest absolute Gasteiger partial charge is 0.305 e. The highest BCUT2D eigenvalue weighted by atomic mass is 16.7. The Morgan fingerprint density at radius 2 is 0.819 bits per heavy atom. The number of allylic oxidation sites excluding steroid dienone is 9. The second-order valence-electron chi connectivity index (χ2n) is 24.2. The zero-order valence-electron chi connectivity index (χ0n) is 53.7. The van der Waals surface area contributed by atoms with Crippen molar-refractivity contribution in [2.75, 3.05) is 19.8 Å². The highest BCUT2D eigenvalue weighted by Crippen LogP contribution is 2.23. The lowest BCUT2D eigenvalue weighted by molar-refractivity contribution is -0.302. The van der Waals surface area contributed by atoms with Gasteiger partial charge in [0, 0.05) is 12.8 Å². The van der Waals surface area contributed by atoms with E-state index in [2.05, 4.69) is 67.8 Å². The van der Waals surface area contributed by atoms with Crippen molar-refractivity contribution in [1.82, 2.24) is 5.32 Å². The quantitative estimate of drug-likeness (QED) is 0.0195. The highest BCUT2D eigenvalue weighted by molar-refractivity contribution is 5.76. The zero-order valence-corrected chi connectivity index (χ0v) is 53.7. The summed E-state index contributed by atoms with van der Waals surface area (Å²) in [5, 5.41) is 54.2. The van der Waals surface area contributed by atoms with Gasteiger partial charge in [-0.05, 0) is 103 Å². The molecule has 0 aromatic rings. The van der Waals surface area contributed by atoms with Crippen LogP contribution in [0.2, 0.25) is 0 Å². The van der Waals surface area contributed by atoms with Crippen LogP contribution in [0.3, 0.4) is 0 Å². The maximum Gasteiger partial charge on any atom is 0.305 e. The molecule has 1 heterocycles. The molecule has 7 atom stereocenters. The van der Waals surface area contributed by atoms with Gasteiger partial charge in [0.05, 0.1) is 32.0 Å². The molecule has 83 heavy (non-hydrogen) atoms. The Balaban J connectivity index is 1.92. The zero-order chi connectivity index (χ0) is 60.2. The van der Waals surface area contributed by atoms with Crippen LogP contribution in [0.1, 0.15) is 322 Å². The molecule has 0 radical (unpaired) electrons. The Morgan fingerprint density at radius 3 is 1.29 bits per heavy atom. The van der Waals surface area contributed by atoms with E-state index >= 15 is 0 Å².